The van der Waals surface area contributed by atoms with Crippen LogP contribution in [0.3, 0.4) is 0 Å². The van der Waals surface area contributed by atoms with Gasteiger partial charge in [0.25, 0.3) is 0 Å². The van der Waals surface area contributed by atoms with Gasteiger partial charge in [-0.15, -0.1) is 0 Å². The number of primary amides is 1. The Kier molecular flexibility index (Phi) is 4.73. The summed E-state index contributed by atoms with van der Waals surface area (Å²) in [6.07, 6.45) is 3.82. The van der Waals surface area contributed by atoms with Gasteiger partial charge in [0.15, 0.2) is 0 Å². The highest BCUT2D eigenvalue weighted by Gasteiger charge is 2.31. The number of carbonyl (C=O) groups is 1. The SMILES string of the molecule is Cc1cnn(C[C@@H]2CN([C@H](C(N)=O)c3ccccc3)CCO2)c1. The Bertz CT molecular complexity index is 656. The summed E-state index contributed by atoms with van der Waals surface area (Å²) in [6, 6.07) is 9.25. The molecule has 0 bridgehead atoms. The van der Waals surface area contributed by atoms with E-state index in [1.54, 1.807) is 0 Å². The molecule has 1 amide bonds. The van der Waals surface area contributed by atoms with Gasteiger partial charge < -0.3 is 10.5 Å². The molecular weight excluding hydrogens is 292 g/mol. The Labute approximate surface area is 135 Å². The average Bonchev–Trinajstić information content (AvgIpc) is 2.94. The second-order valence-corrected chi connectivity index (χ2v) is 5.94. The second-order valence-electron chi connectivity index (χ2n) is 5.94. The molecule has 1 aliphatic heterocycles. The van der Waals surface area contributed by atoms with Crippen LogP contribution in [0.25, 0.3) is 0 Å². The Morgan fingerprint density at radius 3 is 2.87 bits per heavy atom. The number of carbonyl (C=O) groups excluding carboxylic acids is 1. The van der Waals surface area contributed by atoms with Crippen molar-refractivity contribution in [2.24, 2.45) is 5.73 Å². The Morgan fingerprint density at radius 2 is 2.22 bits per heavy atom. The van der Waals surface area contributed by atoms with Gasteiger partial charge in [-0.05, 0) is 18.1 Å². The molecule has 3 rings (SSSR count). The number of ether oxygens (including phenoxy) is 1. The molecule has 23 heavy (non-hydrogen) atoms. The van der Waals surface area contributed by atoms with E-state index in [0.29, 0.717) is 26.2 Å². The zero-order chi connectivity index (χ0) is 16.2. The quantitative estimate of drug-likeness (QED) is 0.897. The van der Waals surface area contributed by atoms with Gasteiger partial charge in [0.2, 0.25) is 5.91 Å². The van der Waals surface area contributed by atoms with E-state index in [1.807, 2.05) is 54.3 Å². The smallest absolute Gasteiger partial charge is 0.239 e. The fraction of sp³-hybridized carbons (Fsp3) is 0.412. The van der Waals surface area contributed by atoms with Gasteiger partial charge in [0.1, 0.15) is 6.04 Å². The van der Waals surface area contributed by atoms with E-state index in [0.717, 1.165) is 11.1 Å². The van der Waals surface area contributed by atoms with E-state index in [9.17, 15) is 4.79 Å². The molecule has 1 saturated heterocycles. The minimum atomic E-state index is -0.415. The molecule has 1 aromatic carbocycles. The van der Waals surface area contributed by atoms with Crippen LogP contribution in [-0.4, -0.2) is 46.4 Å². The summed E-state index contributed by atoms with van der Waals surface area (Å²) in [5.41, 5.74) is 7.71. The van der Waals surface area contributed by atoms with Crippen molar-refractivity contribution in [1.29, 1.82) is 0 Å². The van der Waals surface area contributed by atoms with Crippen LogP contribution in [0.1, 0.15) is 17.2 Å². The first-order valence-electron chi connectivity index (χ1n) is 7.82. The van der Waals surface area contributed by atoms with E-state index >= 15 is 0 Å². The van der Waals surface area contributed by atoms with E-state index < -0.39 is 6.04 Å². The molecule has 1 aromatic heterocycles. The van der Waals surface area contributed by atoms with E-state index in [-0.39, 0.29) is 12.0 Å². The molecule has 2 heterocycles. The van der Waals surface area contributed by atoms with Gasteiger partial charge in [0.05, 0.1) is 25.5 Å². The molecule has 0 radical (unpaired) electrons. The minimum Gasteiger partial charge on any atom is -0.374 e. The molecule has 6 heteroatoms. The molecule has 2 N–H and O–H groups in total. The van der Waals surface area contributed by atoms with Crippen LogP contribution in [0.5, 0.6) is 0 Å². The van der Waals surface area contributed by atoms with E-state index in [1.165, 1.54) is 0 Å². The van der Waals surface area contributed by atoms with Crippen molar-refractivity contribution in [3.05, 3.63) is 53.9 Å². The fourth-order valence-electron chi connectivity index (χ4n) is 3.05. The molecule has 1 aliphatic rings. The lowest BCUT2D eigenvalue weighted by Gasteiger charge is -2.37. The Morgan fingerprint density at radius 1 is 1.43 bits per heavy atom. The Hall–Kier alpha value is -2.18. The number of amides is 1. The first-order chi connectivity index (χ1) is 11.1. The van der Waals surface area contributed by atoms with Crippen molar-refractivity contribution >= 4 is 5.91 Å². The number of morpholine rings is 1. The third-order valence-electron chi connectivity index (χ3n) is 4.07. The molecule has 0 aliphatic carbocycles. The second kappa shape index (κ2) is 6.93. The summed E-state index contributed by atoms with van der Waals surface area (Å²) in [6.45, 7) is 4.61. The molecule has 122 valence electrons. The number of aromatic nitrogens is 2. The summed E-state index contributed by atoms with van der Waals surface area (Å²) < 4.78 is 7.71. The number of hydrogen-bond donors (Lipinski definition) is 1. The van der Waals surface area contributed by atoms with Crippen molar-refractivity contribution in [2.75, 3.05) is 19.7 Å². The lowest BCUT2D eigenvalue weighted by molar-refractivity contribution is -0.127. The average molecular weight is 314 g/mol. The van der Waals surface area contributed by atoms with Crippen molar-refractivity contribution in [1.82, 2.24) is 14.7 Å². The van der Waals surface area contributed by atoms with Crippen LogP contribution in [0, 0.1) is 6.92 Å². The molecule has 0 spiro atoms. The molecule has 2 atom stereocenters. The van der Waals surface area contributed by atoms with Gasteiger partial charge >= 0.3 is 0 Å². The molecule has 1 fully saturated rings. The van der Waals surface area contributed by atoms with E-state index in [2.05, 4.69) is 10.00 Å². The van der Waals surface area contributed by atoms with Crippen LogP contribution < -0.4 is 5.73 Å². The maximum atomic E-state index is 12.0. The summed E-state index contributed by atoms with van der Waals surface area (Å²) in [7, 11) is 0. The predicted octanol–water partition coefficient (Wildman–Crippen LogP) is 1.12. The van der Waals surface area contributed by atoms with Crippen LogP contribution >= 0.6 is 0 Å². The summed E-state index contributed by atoms with van der Waals surface area (Å²) in [5, 5.41) is 4.30. The molecule has 0 unspecified atom stereocenters. The van der Waals surface area contributed by atoms with Gasteiger partial charge in [-0.2, -0.15) is 5.10 Å². The lowest BCUT2D eigenvalue weighted by atomic mass is 10.0. The third-order valence-corrected chi connectivity index (χ3v) is 4.07. The van der Waals surface area contributed by atoms with Gasteiger partial charge in [-0.3, -0.25) is 14.4 Å². The summed E-state index contributed by atoms with van der Waals surface area (Å²) in [5.74, 6) is -0.327. The Balaban J connectivity index is 1.72. The largest absolute Gasteiger partial charge is 0.374 e. The number of hydrogen-bond acceptors (Lipinski definition) is 4. The summed E-state index contributed by atoms with van der Waals surface area (Å²) >= 11 is 0. The normalized spacial score (nSPS) is 20.3. The highest BCUT2D eigenvalue weighted by Crippen LogP contribution is 2.23. The maximum absolute atomic E-state index is 12.0. The van der Waals surface area contributed by atoms with Gasteiger partial charge in [0, 0.05) is 19.3 Å². The van der Waals surface area contributed by atoms with Gasteiger partial charge in [-0.1, -0.05) is 30.3 Å². The van der Waals surface area contributed by atoms with Crippen molar-refractivity contribution in [3.63, 3.8) is 0 Å². The first kappa shape index (κ1) is 15.7. The number of nitrogens with two attached hydrogens (primary N) is 1. The van der Waals surface area contributed by atoms with Crippen LogP contribution in [0.2, 0.25) is 0 Å². The van der Waals surface area contributed by atoms with Crippen LogP contribution in [0.4, 0.5) is 0 Å². The topological polar surface area (TPSA) is 73.4 Å². The zero-order valence-corrected chi connectivity index (χ0v) is 13.3. The highest BCUT2D eigenvalue weighted by molar-refractivity contribution is 5.81. The predicted molar refractivity (Wildman–Crippen MR) is 86.7 cm³/mol. The number of benzene rings is 1. The molecule has 0 saturated carbocycles. The maximum Gasteiger partial charge on any atom is 0.239 e. The van der Waals surface area contributed by atoms with Crippen molar-refractivity contribution in [3.8, 4) is 0 Å². The van der Waals surface area contributed by atoms with Crippen LogP contribution in [-0.2, 0) is 16.1 Å². The minimum absolute atomic E-state index is 0.00591. The monoisotopic (exact) mass is 314 g/mol. The van der Waals surface area contributed by atoms with Crippen molar-refractivity contribution < 1.29 is 9.53 Å². The molecule has 2 aromatic rings. The molecular formula is C17H22N4O2. The van der Waals surface area contributed by atoms with Crippen molar-refractivity contribution in [2.45, 2.75) is 25.6 Å². The summed E-state index contributed by atoms with van der Waals surface area (Å²) in [4.78, 5) is 14.1. The van der Waals surface area contributed by atoms with E-state index in [4.69, 9.17) is 10.5 Å². The zero-order valence-electron chi connectivity index (χ0n) is 13.3. The lowest BCUT2D eigenvalue weighted by Crippen LogP contribution is -2.49. The first-order valence-corrected chi connectivity index (χ1v) is 7.82. The van der Waals surface area contributed by atoms with Crippen LogP contribution in [0.15, 0.2) is 42.7 Å². The third kappa shape index (κ3) is 3.78. The fourth-order valence-corrected chi connectivity index (χ4v) is 3.05. The van der Waals surface area contributed by atoms with Gasteiger partial charge in [-0.25, -0.2) is 0 Å². The standard InChI is InChI=1S/C17H22N4O2/c1-13-9-19-21(10-13)12-15-11-20(7-8-23-15)16(17(18)22)14-5-3-2-4-6-14/h2-6,9-10,15-16H,7-8,11-12H2,1H3,(H2,18,22)/t15-,16-/m0/s1. The number of rotatable bonds is 5. The molecule has 6 nitrogen and oxygen atoms in total. The number of nitrogens with zero attached hydrogens (tertiary/aromatic N) is 3. The number of aryl methyl sites for hydroxylation is 1. The highest BCUT2D eigenvalue weighted by atomic mass is 16.5.